The van der Waals surface area contributed by atoms with Crippen LogP contribution in [0.4, 0.5) is 0 Å². The van der Waals surface area contributed by atoms with Gasteiger partial charge in [0, 0.05) is 24.5 Å². The van der Waals surface area contributed by atoms with Crippen LogP contribution in [0.3, 0.4) is 0 Å². The number of benzene rings is 1. The average molecular weight is 431 g/mol. The fourth-order valence-corrected chi connectivity index (χ4v) is 8.03. The zero-order chi connectivity index (χ0) is 22.1. The van der Waals surface area contributed by atoms with Gasteiger partial charge in [-0.25, -0.2) is 4.98 Å². The van der Waals surface area contributed by atoms with E-state index in [1.807, 2.05) is 6.33 Å². The molecule has 2 saturated carbocycles. The maximum absolute atomic E-state index is 11.5. The van der Waals surface area contributed by atoms with Crippen LogP contribution in [0.5, 0.6) is 0 Å². The van der Waals surface area contributed by atoms with Gasteiger partial charge >= 0.3 is 5.97 Å². The summed E-state index contributed by atoms with van der Waals surface area (Å²) < 4.78 is 7.97. The van der Waals surface area contributed by atoms with E-state index in [4.69, 9.17) is 4.74 Å². The molecule has 0 saturated heterocycles. The van der Waals surface area contributed by atoms with E-state index in [2.05, 4.69) is 59.8 Å². The number of hydrogen-bond donors (Lipinski definition) is 0. The molecule has 1 aromatic carbocycles. The number of fused-ring (bicyclic) bond motifs is 6. The molecule has 4 aliphatic rings. The minimum atomic E-state index is -0.141. The smallest absolute Gasteiger partial charge is 0.302 e. The number of nitrogens with zero attached hydrogens (tertiary/aromatic N) is 2. The molecule has 2 aromatic rings. The minimum absolute atomic E-state index is 0.0755. The molecule has 3 unspecified atom stereocenters. The van der Waals surface area contributed by atoms with Crippen LogP contribution < -0.4 is 0 Å². The molecule has 6 atom stereocenters. The van der Waals surface area contributed by atoms with Gasteiger partial charge in [0.05, 0.1) is 11.0 Å². The van der Waals surface area contributed by atoms with Crippen LogP contribution in [-0.2, 0) is 9.53 Å². The van der Waals surface area contributed by atoms with Gasteiger partial charge in [-0.05, 0) is 73.8 Å². The molecule has 32 heavy (non-hydrogen) atoms. The molecule has 0 radical (unpaired) electrons. The van der Waals surface area contributed by atoms with E-state index < -0.39 is 0 Å². The van der Waals surface area contributed by atoms with E-state index in [-0.39, 0.29) is 22.9 Å². The zero-order valence-corrected chi connectivity index (χ0v) is 19.5. The van der Waals surface area contributed by atoms with Gasteiger partial charge in [0.2, 0.25) is 0 Å². The number of para-hydroxylation sites is 2. The fraction of sp³-hybridized carbons (Fsp3) is 0.571. The summed E-state index contributed by atoms with van der Waals surface area (Å²) in [6, 6.07) is 8.50. The van der Waals surface area contributed by atoms with E-state index >= 15 is 0 Å². The standard InChI is InChI=1S/C28H34N2O2/c1-18(31)32-20-12-14-27(2)19(16-20)8-9-21-22-10-11-26(28(22,3)15-13-23(21)27)30-17-29-24-6-4-5-7-25(24)30/h4-8,11,17,20-23H,9-10,12-16H2,1-3H3/t20-,21?,22?,23?,27+,28+/m1/s1. The van der Waals surface area contributed by atoms with Crippen molar-refractivity contribution in [2.75, 3.05) is 0 Å². The lowest BCUT2D eigenvalue weighted by atomic mass is 9.47. The Morgan fingerprint density at radius 2 is 1.88 bits per heavy atom. The van der Waals surface area contributed by atoms with Crippen molar-refractivity contribution in [3.63, 3.8) is 0 Å². The molecule has 1 heterocycles. The predicted molar refractivity (Wildman–Crippen MR) is 127 cm³/mol. The quantitative estimate of drug-likeness (QED) is 0.410. The third-order valence-electron chi connectivity index (χ3n) is 9.64. The van der Waals surface area contributed by atoms with Crippen LogP contribution in [0.25, 0.3) is 16.7 Å². The number of allylic oxidation sites excluding steroid dienone is 3. The molecule has 4 aliphatic carbocycles. The summed E-state index contributed by atoms with van der Waals surface area (Å²) in [4.78, 5) is 16.2. The molecule has 0 bridgehead atoms. The Morgan fingerprint density at radius 1 is 1.06 bits per heavy atom. The number of esters is 1. The molecular formula is C28H34N2O2. The molecule has 6 rings (SSSR count). The normalized spacial score (nSPS) is 38.3. The molecule has 0 aliphatic heterocycles. The summed E-state index contributed by atoms with van der Waals surface area (Å²) in [7, 11) is 0. The predicted octanol–water partition coefficient (Wildman–Crippen LogP) is 6.38. The number of ether oxygens (including phenoxy) is 1. The van der Waals surface area contributed by atoms with Gasteiger partial charge < -0.3 is 9.30 Å². The van der Waals surface area contributed by atoms with Crippen molar-refractivity contribution < 1.29 is 9.53 Å². The molecule has 0 amide bonds. The summed E-state index contributed by atoms with van der Waals surface area (Å²) in [5, 5.41) is 0. The Morgan fingerprint density at radius 3 is 2.72 bits per heavy atom. The van der Waals surface area contributed by atoms with Gasteiger partial charge in [-0.15, -0.1) is 0 Å². The second kappa shape index (κ2) is 7.07. The minimum Gasteiger partial charge on any atom is -0.462 e. The summed E-state index contributed by atoms with van der Waals surface area (Å²) >= 11 is 0. The number of rotatable bonds is 2. The Hall–Kier alpha value is -2.36. The third-order valence-corrected chi connectivity index (χ3v) is 9.64. The Balaban J connectivity index is 1.30. The Bertz CT molecular complexity index is 1140. The van der Waals surface area contributed by atoms with Crippen LogP contribution in [-0.4, -0.2) is 21.6 Å². The van der Waals surface area contributed by atoms with Gasteiger partial charge in [-0.3, -0.25) is 4.79 Å². The highest BCUT2D eigenvalue weighted by Gasteiger charge is 2.57. The first-order chi connectivity index (χ1) is 15.4. The Kier molecular flexibility index (Phi) is 4.48. The number of hydrogen-bond acceptors (Lipinski definition) is 3. The third kappa shape index (κ3) is 2.80. The van der Waals surface area contributed by atoms with Crippen LogP contribution in [0, 0.1) is 28.6 Å². The van der Waals surface area contributed by atoms with Crippen molar-refractivity contribution in [2.24, 2.45) is 28.6 Å². The number of carbonyl (C=O) groups is 1. The van der Waals surface area contributed by atoms with E-state index in [0.717, 1.165) is 36.6 Å². The van der Waals surface area contributed by atoms with Crippen molar-refractivity contribution in [3.05, 3.63) is 48.3 Å². The molecule has 0 spiro atoms. The monoisotopic (exact) mass is 430 g/mol. The highest BCUT2D eigenvalue weighted by atomic mass is 16.5. The van der Waals surface area contributed by atoms with E-state index in [1.165, 1.54) is 43.8 Å². The molecule has 0 N–H and O–H groups in total. The van der Waals surface area contributed by atoms with Gasteiger partial charge in [0.25, 0.3) is 0 Å². The molecule has 168 valence electrons. The molecular weight excluding hydrogens is 396 g/mol. The first kappa shape index (κ1) is 20.3. The highest BCUT2D eigenvalue weighted by molar-refractivity contribution is 5.80. The molecule has 2 fully saturated rings. The van der Waals surface area contributed by atoms with Crippen molar-refractivity contribution in [2.45, 2.75) is 71.8 Å². The summed E-state index contributed by atoms with van der Waals surface area (Å²) in [6.07, 6.45) is 15.1. The van der Waals surface area contributed by atoms with Gasteiger partial charge in [0.15, 0.2) is 0 Å². The summed E-state index contributed by atoms with van der Waals surface area (Å²) in [6.45, 7) is 6.56. The van der Waals surface area contributed by atoms with Gasteiger partial charge in [-0.1, -0.05) is 43.7 Å². The number of imidazole rings is 1. The average Bonchev–Trinajstić information content (AvgIpc) is 3.34. The lowest BCUT2D eigenvalue weighted by molar-refractivity contribution is -0.148. The topological polar surface area (TPSA) is 44.1 Å². The van der Waals surface area contributed by atoms with Crippen LogP contribution in [0.1, 0.15) is 65.7 Å². The molecule has 1 aromatic heterocycles. The summed E-state index contributed by atoms with van der Waals surface area (Å²) in [5.41, 5.74) is 5.81. The van der Waals surface area contributed by atoms with Crippen molar-refractivity contribution in [1.29, 1.82) is 0 Å². The molecule has 4 heteroatoms. The van der Waals surface area contributed by atoms with E-state index in [1.54, 1.807) is 5.57 Å². The first-order valence-electron chi connectivity index (χ1n) is 12.4. The van der Waals surface area contributed by atoms with Crippen molar-refractivity contribution in [1.82, 2.24) is 9.55 Å². The lowest BCUT2D eigenvalue weighted by Gasteiger charge is -2.57. The second-order valence-electron chi connectivity index (χ2n) is 11.1. The first-order valence-corrected chi connectivity index (χ1v) is 12.4. The van der Waals surface area contributed by atoms with Gasteiger partial charge in [-0.2, -0.15) is 0 Å². The second-order valence-corrected chi connectivity index (χ2v) is 11.1. The van der Waals surface area contributed by atoms with Crippen molar-refractivity contribution >= 4 is 22.7 Å². The number of aromatic nitrogens is 2. The van der Waals surface area contributed by atoms with Gasteiger partial charge in [0.1, 0.15) is 12.4 Å². The largest absolute Gasteiger partial charge is 0.462 e. The molecule has 4 nitrogen and oxygen atoms in total. The summed E-state index contributed by atoms with van der Waals surface area (Å²) in [5.74, 6) is 2.03. The Labute approximate surface area is 190 Å². The van der Waals surface area contributed by atoms with E-state index in [9.17, 15) is 4.79 Å². The van der Waals surface area contributed by atoms with E-state index in [0.29, 0.717) is 5.92 Å². The van der Waals surface area contributed by atoms with Crippen molar-refractivity contribution in [3.8, 4) is 0 Å². The fourth-order valence-electron chi connectivity index (χ4n) is 8.03. The highest BCUT2D eigenvalue weighted by Crippen LogP contribution is 2.65. The number of carbonyl (C=O) groups excluding carboxylic acids is 1. The van der Waals surface area contributed by atoms with Crippen LogP contribution in [0.2, 0.25) is 0 Å². The maximum Gasteiger partial charge on any atom is 0.302 e. The maximum atomic E-state index is 11.5. The van der Waals surface area contributed by atoms with Crippen LogP contribution in [0.15, 0.2) is 48.3 Å². The zero-order valence-electron chi connectivity index (χ0n) is 19.5. The SMILES string of the molecule is CC(=O)O[C@@H]1CC[C@@]2(C)C(=CCC3C2CC[C@]2(C)C(n4cnc5ccccc54)=CCC32)C1. The lowest BCUT2D eigenvalue weighted by Crippen LogP contribution is -2.50. The van der Waals surface area contributed by atoms with Crippen LogP contribution >= 0.6 is 0 Å².